The van der Waals surface area contributed by atoms with Crippen molar-refractivity contribution in [2.45, 2.75) is 31.3 Å². The van der Waals surface area contributed by atoms with Crippen LogP contribution in [0.4, 0.5) is 19.3 Å². The Balaban J connectivity index is 1.67. The van der Waals surface area contributed by atoms with Gasteiger partial charge in [0, 0.05) is 18.3 Å². The summed E-state index contributed by atoms with van der Waals surface area (Å²) in [5, 5.41) is 9.64. The van der Waals surface area contributed by atoms with E-state index in [2.05, 4.69) is 15.7 Å². The summed E-state index contributed by atoms with van der Waals surface area (Å²) in [7, 11) is 3.94. The van der Waals surface area contributed by atoms with Gasteiger partial charge in [-0.1, -0.05) is 6.07 Å². The summed E-state index contributed by atoms with van der Waals surface area (Å²) < 4.78 is 30.1. The van der Waals surface area contributed by atoms with Gasteiger partial charge in [0.15, 0.2) is 0 Å². The van der Waals surface area contributed by atoms with E-state index in [4.69, 9.17) is 0 Å². The van der Waals surface area contributed by atoms with Crippen LogP contribution >= 0.6 is 0 Å². The van der Waals surface area contributed by atoms with E-state index < -0.39 is 23.2 Å². The van der Waals surface area contributed by atoms with Gasteiger partial charge in [0.2, 0.25) is 0 Å². The van der Waals surface area contributed by atoms with Crippen molar-refractivity contribution in [1.29, 1.82) is 0 Å². The van der Waals surface area contributed by atoms with Crippen molar-refractivity contribution >= 4 is 11.7 Å². The first-order valence-electron chi connectivity index (χ1n) is 8.60. The third-order valence-electron chi connectivity index (χ3n) is 4.67. The zero-order valence-corrected chi connectivity index (χ0v) is 14.9. The molecule has 2 N–H and O–H groups in total. The number of hydrogen-bond acceptors (Lipinski definition) is 3. The molecule has 1 aromatic carbocycles. The second-order valence-corrected chi connectivity index (χ2v) is 6.91. The van der Waals surface area contributed by atoms with Crippen molar-refractivity contribution < 1.29 is 13.6 Å². The molecule has 1 heterocycles. The fourth-order valence-electron chi connectivity index (χ4n) is 3.16. The van der Waals surface area contributed by atoms with Gasteiger partial charge < -0.3 is 15.5 Å². The molecule has 140 valence electrons. The number of amides is 2. The molecule has 0 aliphatic heterocycles. The normalized spacial score (nSPS) is 15.6. The molecule has 0 radical (unpaired) electrons. The van der Waals surface area contributed by atoms with Gasteiger partial charge in [-0.15, -0.1) is 0 Å². The Labute approximate surface area is 151 Å². The SMILES string of the molecule is CN(C)CCn1cc(NC(=O)NC2(c3c(F)cccc3F)CCC2)cn1. The molecule has 0 saturated heterocycles. The molecule has 0 atom stereocenters. The van der Waals surface area contributed by atoms with Gasteiger partial charge in [0.25, 0.3) is 0 Å². The van der Waals surface area contributed by atoms with Gasteiger partial charge in [-0.3, -0.25) is 4.68 Å². The molecule has 3 rings (SSSR count). The standard InChI is InChI=1S/C18H23F2N5O/c1-24(2)9-10-25-12-13(11-21-25)22-17(26)23-18(7-4-8-18)16-14(19)5-3-6-15(16)20/h3,5-6,11-12H,4,7-10H2,1-2H3,(H2,22,23,26). The lowest BCUT2D eigenvalue weighted by molar-refractivity contribution is 0.175. The monoisotopic (exact) mass is 363 g/mol. The number of aromatic nitrogens is 2. The molecule has 0 unspecified atom stereocenters. The topological polar surface area (TPSA) is 62.2 Å². The summed E-state index contributed by atoms with van der Waals surface area (Å²) in [6.45, 7) is 1.52. The fourth-order valence-corrected chi connectivity index (χ4v) is 3.16. The molecule has 6 nitrogen and oxygen atoms in total. The molecular weight excluding hydrogens is 340 g/mol. The molecule has 1 aliphatic rings. The Kier molecular flexibility index (Phi) is 5.22. The third-order valence-corrected chi connectivity index (χ3v) is 4.67. The summed E-state index contributed by atoms with van der Waals surface area (Å²) in [6, 6.07) is 3.25. The van der Waals surface area contributed by atoms with Crippen LogP contribution in [0.3, 0.4) is 0 Å². The Bertz CT molecular complexity index is 765. The smallest absolute Gasteiger partial charge is 0.320 e. The maximum absolute atomic E-state index is 14.2. The van der Waals surface area contributed by atoms with Crippen LogP contribution in [0, 0.1) is 11.6 Å². The van der Waals surface area contributed by atoms with Crippen LogP contribution in [0.25, 0.3) is 0 Å². The maximum atomic E-state index is 14.2. The number of halogens is 2. The minimum Gasteiger partial charge on any atom is -0.328 e. The predicted octanol–water partition coefficient (Wildman–Crippen LogP) is 2.92. The second kappa shape index (κ2) is 7.41. The zero-order valence-electron chi connectivity index (χ0n) is 14.9. The van der Waals surface area contributed by atoms with E-state index in [0.717, 1.165) is 13.0 Å². The predicted molar refractivity (Wildman–Crippen MR) is 94.8 cm³/mol. The summed E-state index contributed by atoms with van der Waals surface area (Å²) in [6.07, 6.45) is 5.07. The number of hydrogen-bond donors (Lipinski definition) is 2. The molecule has 1 aliphatic carbocycles. The number of rotatable bonds is 6. The van der Waals surface area contributed by atoms with Crippen LogP contribution in [-0.4, -0.2) is 41.4 Å². The van der Waals surface area contributed by atoms with E-state index >= 15 is 0 Å². The molecule has 2 aromatic rings. The number of anilines is 1. The highest BCUT2D eigenvalue weighted by Gasteiger charge is 2.44. The van der Waals surface area contributed by atoms with Crippen LogP contribution in [0.2, 0.25) is 0 Å². The lowest BCUT2D eigenvalue weighted by atomic mass is 9.71. The quantitative estimate of drug-likeness (QED) is 0.830. The molecule has 2 amide bonds. The van der Waals surface area contributed by atoms with Crippen LogP contribution < -0.4 is 10.6 Å². The number of benzene rings is 1. The summed E-state index contributed by atoms with van der Waals surface area (Å²) in [5.41, 5.74) is -0.534. The maximum Gasteiger partial charge on any atom is 0.320 e. The first kappa shape index (κ1) is 18.3. The second-order valence-electron chi connectivity index (χ2n) is 6.91. The van der Waals surface area contributed by atoms with E-state index in [0.29, 0.717) is 25.1 Å². The van der Waals surface area contributed by atoms with Crippen molar-refractivity contribution in [1.82, 2.24) is 20.0 Å². The molecule has 0 bridgehead atoms. The van der Waals surface area contributed by atoms with Gasteiger partial charge in [0.05, 0.1) is 24.0 Å². The first-order valence-corrected chi connectivity index (χ1v) is 8.60. The summed E-state index contributed by atoms with van der Waals surface area (Å²) in [4.78, 5) is 14.4. The van der Waals surface area contributed by atoms with Crippen LogP contribution in [0.1, 0.15) is 24.8 Å². The summed E-state index contributed by atoms with van der Waals surface area (Å²) >= 11 is 0. The molecule has 1 aromatic heterocycles. The van der Waals surface area contributed by atoms with E-state index in [1.165, 1.54) is 18.2 Å². The minimum atomic E-state index is -1.000. The van der Waals surface area contributed by atoms with E-state index in [1.54, 1.807) is 17.1 Å². The molecular formula is C18H23F2N5O. The highest BCUT2D eigenvalue weighted by Crippen LogP contribution is 2.43. The molecule has 1 fully saturated rings. The van der Waals surface area contributed by atoms with Crippen molar-refractivity contribution in [3.8, 4) is 0 Å². The van der Waals surface area contributed by atoms with Crippen molar-refractivity contribution in [3.63, 3.8) is 0 Å². The van der Waals surface area contributed by atoms with Crippen molar-refractivity contribution in [2.24, 2.45) is 0 Å². The first-order chi connectivity index (χ1) is 12.4. The van der Waals surface area contributed by atoms with Gasteiger partial charge in [-0.25, -0.2) is 13.6 Å². The molecule has 0 spiro atoms. The molecule has 26 heavy (non-hydrogen) atoms. The highest BCUT2D eigenvalue weighted by atomic mass is 19.1. The van der Waals surface area contributed by atoms with Gasteiger partial charge in [-0.2, -0.15) is 5.10 Å². The zero-order chi connectivity index (χ0) is 18.7. The molecule has 1 saturated carbocycles. The van der Waals surface area contributed by atoms with Crippen molar-refractivity contribution in [2.75, 3.05) is 26.0 Å². The van der Waals surface area contributed by atoms with E-state index in [9.17, 15) is 13.6 Å². The van der Waals surface area contributed by atoms with Crippen molar-refractivity contribution in [3.05, 3.63) is 47.8 Å². The minimum absolute atomic E-state index is 0.0666. The van der Waals surface area contributed by atoms with Crippen LogP contribution in [0.15, 0.2) is 30.6 Å². The van der Waals surface area contributed by atoms with Crippen LogP contribution in [0.5, 0.6) is 0 Å². The number of carbonyl (C=O) groups is 1. The van der Waals surface area contributed by atoms with Gasteiger partial charge >= 0.3 is 6.03 Å². The average Bonchev–Trinajstić information content (AvgIpc) is 2.97. The van der Waals surface area contributed by atoms with Gasteiger partial charge in [0.1, 0.15) is 11.6 Å². The Morgan fingerprint density at radius 2 is 2.00 bits per heavy atom. The number of carbonyl (C=O) groups excluding carboxylic acids is 1. The number of likely N-dealkylation sites (N-methyl/N-ethyl adjacent to an activating group) is 1. The molecule has 8 heteroatoms. The Morgan fingerprint density at radius 3 is 2.58 bits per heavy atom. The lowest BCUT2D eigenvalue weighted by Crippen LogP contribution is -2.53. The Morgan fingerprint density at radius 1 is 1.31 bits per heavy atom. The highest BCUT2D eigenvalue weighted by molar-refractivity contribution is 5.89. The largest absolute Gasteiger partial charge is 0.328 e. The number of nitrogens with zero attached hydrogens (tertiary/aromatic N) is 3. The van der Waals surface area contributed by atoms with Crippen LogP contribution in [-0.2, 0) is 12.1 Å². The van der Waals surface area contributed by atoms with E-state index in [1.807, 2.05) is 19.0 Å². The lowest BCUT2D eigenvalue weighted by Gasteiger charge is -2.43. The van der Waals surface area contributed by atoms with Gasteiger partial charge in [-0.05, 0) is 45.5 Å². The average molecular weight is 363 g/mol. The number of urea groups is 1. The third kappa shape index (κ3) is 3.85. The number of nitrogens with one attached hydrogen (secondary N) is 2. The fraction of sp³-hybridized carbons (Fsp3) is 0.444. The summed E-state index contributed by atoms with van der Waals surface area (Å²) in [5.74, 6) is -1.27. The Hall–Kier alpha value is -2.48. The van der Waals surface area contributed by atoms with E-state index in [-0.39, 0.29) is 5.56 Å².